The lowest BCUT2D eigenvalue weighted by atomic mass is 9.92. The van der Waals surface area contributed by atoms with Gasteiger partial charge in [-0.2, -0.15) is 0 Å². The Morgan fingerprint density at radius 3 is 2.27 bits per heavy atom. The van der Waals surface area contributed by atoms with E-state index >= 15 is 0 Å². The van der Waals surface area contributed by atoms with E-state index in [4.69, 9.17) is 0 Å². The van der Waals surface area contributed by atoms with Crippen LogP contribution in [0.1, 0.15) is 32.6 Å². The molecule has 2 nitrogen and oxygen atoms in total. The Morgan fingerprint density at radius 2 is 1.82 bits per heavy atom. The Hall–Kier alpha value is -0.0800. The lowest BCUT2D eigenvalue weighted by Gasteiger charge is -2.32. The maximum atomic E-state index is 9.26. The van der Waals surface area contributed by atoms with Gasteiger partial charge < -0.3 is 10.0 Å². The molecule has 1 rings (SSSR count). The first kappa shape index (κ1) is 9.01. The quantitative estimate of drug-likeness (QED) is 0.652. The summed E-state index contributed by atoms with van der Waals surface area (Å²) in [5.74, 6) is 0. The van der Waals surface area contributed by atoms with Crippen molar-refractivity contribution in [3.05, 3.63) is 0 Å². The number of hydrogen-bond acceptors (Lipinski definition) is 2. The summed E-state index contributed by atoms with van der Waals surface area (Å²) in [5, 5.41) is 9.26. The minimum Gasteiger partial charge on any atom is -0.393 e. The van der Waals surface area contributed by atoms with Crippen LogP contribution in [0.15, 0.2) is 0 Å². The topological polar surface area (TPSA) is 23.5 Å². The Kier molecular flexibility index (Phi) is 3.34. The zero-order chi connectivity index (χ0) is 8.27. The number of nitrogens with zero attached hydrogens (tertiary/aromatic N) is 1. The molecule has 0 spiro atoms. The highest BCUT2D eigenvalue weighted by Crippen LogP contribution is 2.21. The van der Waals surface area contributed by atoms with Crippen molar-refractivity contribution in [3.8, 4) is 0 Å². The van der Waals surface area contributed by atoms with Gasteiger partial charge in [0.1, 0.15) is 0 Å². The fraction of sp³-hybridized carbons (Fsp3) is 1.00. The first-order chi connectivity index (χ1) is 5.24. The third kappa shape index (κ3) is 2.46. The summed E-state index contributed by atoms with van der Waals surface area (Å²) in [6, 6.07) is 0.725. The normalized spacial score (nSPS) is 32.7. The molecule has 1 saturated carbocycles. The maximum absolute atomic E-state index is 9.26. The van der Waals surface area contributed by atoms with Crippen molar-refractivity contribution >= 4 is 0 Å². The molecule has 0 aromatic carbocycles. The van der Waals surface area contributed by atoms with E-state index in [1.54, 1.807) is 0 Å². The van der Waals surface area contributed by atoms with Gasteiger partial charge in [0, 0.05) is 6.04 Å². The molecule has 0 unspecified atom stereocenters. The lowest BCUT2D eigenvalue weighted by Crippen LogP contribution is -2.36. The lowest BCUT2D eigenvalue weighted by molar-refractivity contribution is 0.0862. The molecule has 1 fully saturated rings. The van der Waals surface area contributed by atoms with Crippen LogP contribution in [0.25, 0.3) is 0 Å². The zero-order valence-electron chi connectivity index (χ0n) is 7.58. The molecule has 0 aromatic heterocycles. The van der Waals surface area contributed by atoms with Crippen LogP contribution in [-0.4, -0.2) is 35.7 Å². The van der Waals surface area contributed by atoms with Crippen LogP contribution in [0.4, 0.5) is 0 Å². The van der Waals surface area contributed by atoms with E-state index in [9.17, 15) is 5.11 Å². The van der Waals surface area contributed by atoms with Gasteiger partial charge in [0.15, 0.2) is 0 Å². The molecule has 66 valence electrons. The number of hydrogen-bond donors (Lipinski definition) is 1. The van der Waals surface area contributed by atoms with E-state index in [1.807, 2.05) is 0 Å². The molecule has 0 amide bonds. The van der Waals surface area contributed by atoms with Crippen LogP contribution in [-0.2, 0) is 0 Å². The maximum Gasteiger partial charge on any atom is 0.0541 e. The van der Waals surface area contributed by atoms with E-state index in [1.165, 1.54) is 12.8 Å². The van der Waals surface area contributed by atoms with Gasteiger partial charge in [0.2, 0.25) is 0 Å². The van der Waals surface area contributed by atoms with Crippen molar-refractivity contribution in [1.82, 2.24) is 4.90 Å². The van der Waals surface area contributed by atoms with E-state index < -0.39 is 0 Å². The van der Waals surface area contributed by atoms with Crippen molar-refractivity contribution < 1.29 is 5.11 Å². The highest BCUT2D eigenvalue weighted by Gasteiger charge is 2.21. The first-order valence-electron chi connectivity index (χ1n) is 4.62. The van der Waals surface area contributed by atoms with Gasteiger partial charge in [-0.05, 0) is 39.3 Å². The fourth-order valence-electron chi connectivity index (χ4n) is 1.76. The largest absolute Gasteiger partial charge is 0.393 e. The molecule has 1 aliphatic rings. The van der Waals surface area contributed by atoms with Gasteiger partial charge in [-0.15, -0.1) is 0 Å². The highest BCUT2D eigenvalue weighted by molar-refractivity contribution is 4.76. The molecule has 0 radical (unpaired) electrons. The zero-order valence-corrected chi connectivity index (χ0v) is 7.58. The molecule has 0 aromatic rings. The van der Waals surface area contributed by atoms with Gasteiger partial charge >= 0.3 is 0 Å². The number of aliphatic hydroxyl groups is 1. The third-order valence-corrected chi connectivity index (χ3v) is 2.79. The van der Waals surface area contributed by atoms with Gasteiger partial charge in [0.25, 0.3) is 0 Å². The van der Waals surface area contributed by atoms with Crippen LogP contribution in [0.5, 0.6) is 0 Å². The molecule has 1 N–H and O–H groups in total. The van der Waals surface area contributed by atoms with Crippen molar-refractivity contribution in [1.29, 1.82) is 0 Å². The Bertz CT molecular complexity index is 108. The molecule has 0 heterocycles. The van der Waals surface area contributed by atoms with Crippen LogP contribution in [0.3, 0.4) is 0 Å². The summed E-state index contributed by atoms with van der Waals surface area (Å²) < 4.78 is 0. The third-order valence-electron chi connectivity index (χ3n) is 2.79. The Labute approximate surface area is 69.2 Å². The van der Waals surface area contributed by atoms with Crippen molar-refractivity contribution in [2.45, 2.75) is 44.8 Å². The second-order valence-corrected chi connectivity index (χ2v) is 3.54. The van der Waals surface area contributed by atoms with E-state index in [0.29, 0.717) is 0 Å². The fourth-order valence-corrected chi connectivity index (χ4v) is 1.76. The standard InChI is InChI=1S/C9H19NO/c1-3-10(2)8-4-6-9(11)7-5-8/h8-9,11H,3-7H2,1-2H3. The molecule has 1 aliphatic carbocycles. The van der Waals surface area contributed by atoms with Crippen LogP contribution < -0.4 is 0 Å². The molecular weight excluding hydrogens is 138 g/mol. The smallest absolute Gasteiger partial charge is 0.0541 e. The van der Waals surface area contributed by atoms with Gasteiger partial charge in [-0.1, -0.05) is 6.92 Å². The summed E-state index contributed by atoms with van der Waals surface area (Å²) in [4.78, 5) is 2.38. The number of rotatable bonds is 2. The summed E-state index contributed by atoms with van der Waals surface area (Å²) >= 11 is 0. The minimum absolute atomic E-state index is 0.0171. The average Bonchev–Trinajstić information content (AvgIpc) is 2.05. The van der Waals surface area contributed by atoms with Crippen molar-refractivity contribution in [3.63, 3.8) is 0 Å². The molecule has 0 aliphatic heterocycles. The summed E-state index contributed by atoms with van der Waals surface area (Å²) in [7, 11) is 2.17. The number of aliphatic hydroxyl groups excluding tert-OH is 1. The van der Waals surface area contributed by atoms with E-state index in [-0.39, 0.29) is 6.10 Å². The SMILES string of the molecule is CCN(C)C1CCC(O)CC1. The minimum atomic E-state index is -0.0171. The Morgan fingerprint density at radius 1 is 1.27 bits per heavy atom. The summed E-state index contributed by atoms with van der Waals surface area (Å²) in [6.45, 7) is 3.31. The van der Waals surface area contributed by atoms with E-state index in [2.05, 4.69) is 18.9 Å². The van der Waals surface area contributed by atoms with Crippen molar-refractivity contribution in [2.75, 3.05) is 13.6 Å². The molecule has 0 bridgehead atoms. The monoisotopic (exact) mass is 157 g/mol. The molecular formula is C9H19NO. The van der Waals surface area contributed by atoms with Gasteiger partial charge in [0.05, 0.1) is 6.10 Å². The van der Waals surface area contributed by atoms with Crippen molar-refractivity contribution in [2.24, 2.45) is 0 Å². The predicted octanol–water partition coefficient (Wildman–Crippen LogP) is 1.24. The second kappa shape index (κ2) is 4.07. The Balaban J connectivity index is 2.27. The summed E-state index contributed by atoms with van der Waals surface area (Å²) in [5.41, 5.74) is 0. The van der Waals surface area contributed by atoms with E-state index in [0.717, 1.165) is 25.4 Å². The van der Waals surface area contributed by atoms with Crippen LogP contribution in [0.2, 0.25) is 0 Å². The summed E-state index contributed by atoms with van der Waals surface area (Å²) in [6.07, 6.45) is 4.32. The second-order valence-electron chi connectivity index (χ2n) is 3.54. The molecule has 0 atom stereocenters. The molecule has 11 heavy (non-hydrogen) atoms. The predicted molar refractivity (Wildman–Crippen MR) is 46.6 cm³/mol. The molecule has 2 heteroatoms. The average molecular weight is 157 g/mol. The van der Waals surface area contributed by atoms with Crippen LogP contribution in [0, 0.1) is 0 Å². The highest BCUT2D eigenvalue weighted by atomic mass is 16.3. The van der Waals surface area contributed by atoms with Crippen LogP contribution >= 0.6 is 0 Å². The van der Waals surface area contributed by atoms with Gasteiger partial charge in [-0.3, -0.25) is 0 Å². The molecule has 0 saturated heterocycles. The first-order valence-corrected chi connectivity index (χ1v) is 4.62. The van der Waals surface area contributed by atoms with Gasteiger partial charge in [-0.25, -0.2) is 0 Å².